The lowest BCUT2D eigenvalue weighted by molar-refractivity contribution is -0.137. The molecule has 0 radical (unpaired) electrons. The van der Waals surface area contributed by atoms with E-state index in [-0.39, 0.29) is 11.8 Å². The van der Waals surface area contributed by atoms with E-state index in [1.54, 1.807) is 0 Å². The predicted molar refractivity (Wildman–Crippen MR) is 145 cm³/mol. The van der Waals surface area contributed by atoms with Gasteiger partial charge in [0, 0.05) is 11.8 Å². The molecule has 0 saturated carbocycles. The monoisotopic (exact) mass is 480 g/mol. The van der Waals surface area contributed by atoms with Crippen LogP contribution in [0.1, 0.15) is 100 Å². The molecule has 4 nitrogen and oxygen atoms in total. The largest absolute Gasteiger partial charge is 0.493 e. The van der Waals surface area contributed by atoms with Gasteiger partial charge in [0.1, 0.15) is 5.75 Å². The van der Waals surface area contributed by atoms with Crippen LogP contribution in [-0.4, -0.2) is 28.4 Å². The van der Waals surface area contributed by atoms with Crippen LogP contribution in [-0.2, 0) is 10.2 Å². The van der Waals surface area contributed by atoms with E-state index in [0.29, 0.717) is 25.9 Å². The van der Waals surface area contributed by atoms with Crippen molar-refractivity contribution in [2.24, 2.45) is 0 Å². The molecular weight excluding hydrogens is 436 g/mol. The highest BCUT2D eigenvalue weighted by atomic mass is 16.5. The van der Waals surface area contributed by atoms with Crippen LogP contribution >= 0.6 is 0 Å². The standard InChI is InChI=1S/C31H44O4/c1-7-30(34,8-2)19-18-25-14-15-26(21-23(25)5)31(9-3,10-4)27-16-17-28(24(6)22-27)35-20-12-11-13-29(32)33/h14-19,21-22,34H,7-13,20H2,1-6H3,(H,32,33)/b19-18+. The molecule has 0 spiro atoms. The molecule has 0 fully saturated rings. The fraction of sp³-hybridized carbons (Fsp3) is 0.516. The van der Waals surface area contributed by atoms with Gasteiger partial charge in [-0.05, 0) is 86.3 Å². The van der Waals surface area contributed by atoms with E-state index >= 15 is 0 Å². The SMILES string of the molecule is CCC(O)(/C=C/c1ccc(C(CC)(CC)c2ccc(OCCCCC(=O)O)c(C)c2)cc1C)CC. The van der Waals surface area contributed by atoms with Gasteiger partial charge in [0.2, 0.25) is 0 Å². The van der Waals surface area contributed by atoms with Gasteiger partial charge in [-0.25, -0.2) is 0 Å². The number of hydrogen-bond acceptors (Lipinski definition) is 3. The molecule has 35 heavy (non-hydrogen) atoms. The summed E-state index contributed by atoms with van der Waals surface area (Å²) in [6, 6.07) is 13.2. The van der Waals surface area contributed by atoms with E-state index in [1.807, 2.05) is 19.9 Å². The van der Waals surface area contributed by atoms with Crippen molar-refractivity contribution in [2.45, 2.75) is 97.5 Å². The number of ether oxygens (including phenoxy) is 1. The zero-order chi connectivity index (χ0) is 26.1. The topological polar surface area (TPSA) is 66.8 Å². The second-order valence-corrected chi connectivity index (χ2v) is 9.68. The van der Waals surface area contributed by atoms with Gasteiger partial charge in [0.15, 0.2) is 0 Å². The number of aliphatic carboxylic acids is 1. The second kappa shape index (κ2) is 12.9. The van der Waals surface area contributed by atoms with E-state index in [9.17, 15) is 9.90 Å². The van der Waals surface area contributed by atoms with Crippen LogP contribution in [0.3, 0.4) is 0 Å². The third-order valence-electron chi connectivity index (χ3n) is 7.60. The smallest absolute Gasteiger partial charge is 0.303 e. The number of rotatable bonds is 14. The molecule has 0 aliphatic rings. The molecule has 0 aliphatic carbocycles. The first kappa shape index (κ1) is 28.6. The first-order chi connectivity index (χ1) is 16.6. The Balaban J connectivity index is 2.28. The minimum atomic E-state index is -0.760. The molecule has 0 heterocycles. The maximum atomic E-state index is 10.7. The number of hydrogen-bond donors (Lipinski definition) is 2. The van der Waals surface area contributed by atoms with Crippen LogP contribution in [0.5, 0.6) is 5.75 Å². The van der Waals surface area contributed by atoms with Crippen molar-refractivity contribution < 1.29 is 19.7 Å². The van der Waals surface area contributed by atoms with Gasteiger partial charge in [-0.15, -0.1) is 0 Å². The van der Waals surface area contributed by atoms with Gasteiger partial charge >= 0.3 is 5.97 Å². The fourth-order valence-electron chi connectivity index (χ4n) is 4.79. The van der Waals surface area contributed by atoms with Crippen LogP contribution in [0.2, 0.25) is 0 Å². The summed E-state index contributed by atoms with van der Waals surface area (Å²) < 4.78 is 5.95. The Labute approximate surface area is 212 Å². The molecule has 2 aromatic rings. The van der Waals surface area contributed by atoms with Crippen LogP contribution in [0.4, 0.5) is 0 Å². The quantitative estimate of drug-likeness (QED) is 0.273. The van der Waals surface area contributed by atoms with Crippen molar-refractivity contribution >= 4 is 12.0 Å². The zero-order valence-electron chi connectivity index (χ0n) is 22.5. The Kier molecular flexibility index (Phi) is 10.6. The molecule has 0 atom stereocenters. The summed E-state index contributed by atoms with van der Waals surface area (Å²) >= 11 is 0. The first-order valence-electron chi connectivity index (χ1n) is 13.1. The summed E-state index contributed by atoms with van der Waals surface area (Å²) in [4.78, 5) is 10.7. The van der Waals surface area contributed by atoms with Crippen LogP contribution < -0.4 is 4.74 Å². The molecule has 4 heteroatoms. The third-order valence-corrected chi connectivity index (χ3v) is 7.60. The summed E-state index contributed by atoms with van der Waals surface area (Å²) in [6.45, 7) is 13.3. The molecule has 0 saturated heterocycles. The van der Waals surface area contributed by atoms with Gasteiger partial charge in [0.25, 0.3) is 0 Å². The van der Waals surface area contributed by atoms with Crippen LogP contribution in [0.15, 0.2) is 42.5 Å². The number of carbonyl (C=O) groups is 1. The Bertz CT molecular complexity index is 997. The minimum Gasteiger partial charge on any atom is -0.493 e. The number of carboxylic acid groups (broad SMARTS) is 1. The Hall–Kier alpha value is -2.59. The van der Waals surface area contributed by atoms with Crippen molar-refractivity contribution in [3.8, 4) is 5.75 Å². The Morgan fingerprint density at radius 1 is 0.886 bits per heavy atom. The molecule has 0 aliphatic heterocycles. The number of carboxylic acids is 1. The second-order valence-electron chi connectivity index (χ2n) is 9.68. The van der Waals surface area contributed by atoms with Gasteiger partial charge < -0.3 is 14.9 Å². The maximum Gasteiger partial charge on any atom is 0.303 e. The van der Waals surface area contributed by atoms with E-state index in [1.165, 1.54) is 16.7 Å². The molecule has 0 unspecified atom stereocenters. The molecule has 0 aromatic heterocycles. The first-order valence-corrected chi connectivity index (χ1v) is 13.1. The number of aliphatic hydroxyl groups is 1. The molecule has 192 valence electrons. The zero-order valence-corrected chi connectivity index (χ0v) is 22.5. The van der Waals surface area contributed by atoms with E-state index in [4.69, 9.17) is 9.84 Å². The fourth-order valence-corrected chi connectivity index (χ4v) is 4.79. The lowest BCUT2D eigenvalue weighted by atomic mass is 9.70. The molecule has 0 bridgehead atoms. The summed E-state index contributed by atoms with van der Waals surface area (Å²) in [5.41, 5.74) is 5.19. The predicted octanol–water partition coefficient (Wildman–Crippen LogP) is 7.61. The highest BCUT2D eigenvalue weighted by Crippen LogP contribution is 2.41. The van der Waals surface area contributed by atoms with E-state index < -0.39 is 11.6 Å². The minimum absolute atomic E-state index is 0.0919. The summed E-state index contributed by atoms with van der Waals surface area (Å²) in [5.74, 6) is 0.102. The molecule has 2 N–H and O–H groups in total. The summed E-state index contributed by atoms with van der Waals surface area (Å²) in [5, 5.41) is 19.4. The van der Waals surface area contributed by atoms with Gasteiger partial charge in [-0.3, -0.25) is 4.79 Å². The molecule has 2 aromatic carbocycles. The van der Waals surface area contributed by atoms with Crippen molar-refractivity contribution in [3.63, 3.8) is 0 Å². The summed E-state index contributed by atoms with van der Waals surface area (Å²) in [7, 11) is 0. The van der Waals surface area contributed by atoms with Crippen LogP contribution in [0.25, 0.3) is 6.08 Å². The molecule has 2 rings (SSSR count). The van der Waals surface area contributed by atoms with Crippen molar-refractivity contribution in [2.75, 3.05) is 6.61 Å². The summed E-state index contributed by atoms with van der Waals surface area (Å²) in [6.07, 6.45) is 8.90. The molecule has 0 amide bonds. The number of aryl methyl sites for hydroxylation is 2. The number of benzene rings is 2. The highest BCUT2D eigenvalue weighted by Gasteiger charge is 2.31. The average molecular weight is 481 g/mol. The number of unbranched alkanes of at least 4 members (excludes halogenated alkanes) is 1. The van der Waals surface area contributed by atoms with Gasteiger partial charge in [0.05, 0.1) is 12.2 Å². The lowest BCUT2D eigenvalue weighted by Crippen LogP contribution is -2.26. The normalized spacial score (nSPS) is 12.3. The van der Waals surface area contributed by atoms with Crippen molar-refractivity contribution in [1.82, 2.24) is 0 Å². The Morgan fingerprint density at radius 3 is 2.00 bits per heavy atom. The maximum absolute atomic E-state index is 10.7. The third kappa shape index (κ3) is 7.20. The van der Waals surface area contributed by atoms with Crippen molar-refractivity contribution in [3.05, 3.63) is 70.3 Å². The van der Waals surface area contributed by atoms with Crippen LogP contribution in [0, 0.1) is 13.8 Å². The highest BCUT2D eigenvalue weighted by molar-refractivity contribution is 5.66. The average Bonchev–Trinajstić information content (AvgIpc) is 2.85. The van der Waals surface area contributed by atoms with Gasteiger partial charge in [-0.1, -0.05) is 70.2 Å². The lowest BCUT2D eigenvalue weighted by Gasteiger charge is -2.34. The van der Waals surface area contributed by atoms with Gasteiger partial charge in [-0.2, -0.15) is 0 Å². The van der Waals surface area contributed by atoms with Crippen molar-refractivity contribution in [1.29, 1.82) is 0 Å². The molecular formula is C31H44O4. The van der Waals surface area contributed by atoms with E-state index in [0.717, 1.165) is 36.1 Å². The Morgan fingerprint density at radius 2 is 1.49 bits per heavy atom. The van der Waals surface area contributed by atoms with E-state index in [2.05, 4.69) is 70.2 Å².